The average molecular weight is 283 g/mol. The molecule has 0 atom stereocenters. The molecular weight excluding hydrogens is 262 g/mol. The van der Waals surface area contributed by atoms with E-state index in [1.165, 1.54) is 5.56 Å². The first-order valence-corrected chi connectivity index (χ1v) is 7.08. The van der Waals surface area contributed by atoms with E-state index in [-0.39, 0.29) is 5.91 Å². The van der Waals surface area contributed by atoms with Crippen LogP contribution in [0.1, 0.15) is 11.1 Å². The zero-order chi connectivity index (χ0) is 15.1. The Morgan fingerprint density at radius 2 is 1.90 bits per heavy atom. The van der Waals surface area contributed by atoms with E-state index in [4.69, 9.17) is 0 Å². The Kier molecular flexibility index (Phi) is 5.46. The number of aromatic nitrogens is 1. The van der Waals surface area contributed by atoms with Crippen LogP contribution in [-0.2, 0) is 11.2 Å². The van der Waals surface area contributed by atoms with Crippen LogP contribution in [0.25, 0.3) is 0 Å². The van der Waals surface area contributed by atoms with Crippen LogP contribution in [0.3, 0.4) is 0 Å². The lowest BCUT2D eigenvalue weighted by Gasteiger charge is -2.16. The molecule has 1 aromatic carbocycles. The molecule has 2 rings (SSSR count). The van der Waals surface area contributed by atoms with Gasteiger partial charge in [0.05, 0.1) is 6.54 Å². The van der Waals surface area contributed by atoms with Crippen molar-refractivity contribution in [2.45, 2.75) is 13.3 Å². The maximum atomic E-state index is 12.0. The number of carbonyl (C=O) groups excluding carboxylic acids is 1. The Labute approximate surface area is 125 Å². The van der Waals surface area contributed by atoms with Crippen molar-refractivity contribution in [3.8, 4) is 0 Å². The second-order valence-corrected chi connectivity index (χ2v) is 5.21. The van der Waals surface area contributed by atoms with Gasteiger partial charge in [0, 0.05) is 24.6 Å². The second kappa shape index (κ2) is 7.55. The highest BCUT2D eigenvalue weighted by Gasteiger charge is 2.08. The molecule has 1 heterocycles. The molecule has 0 aliphatic heterocycles. The van der Waals surface area contributed by atoms with E-state index in [9.17, 15) is 4.79 Å². The van der Waals surface area contributed by atoms with Crippen LogP contribution in [-0.4, -0.2) is 35.9 Å². The zero-order valence-corrected chi connectivity index (χ0v) is 12.5. The molecule has 0 radical (unpaired) electrons. The molecule has 110 valence electrons. The van der Waals surface area contributed by atoms with Crippen LogP contribution >= 0.6 is 0 Å². The molecular formula is C17H21N3O. The maximum absolute atomic E-state index is 12.0. The summed E-state index contributed by atoms with van der Waals surface area (Å²) < 4.78 is 0. The lowest BCUT2D eigenvalue weighted by Crippen LogP contribution is -2.31. The molecule has 0 bridgehead atoms. The van der Waals surface area contributed by atoms with Crippen LogP contribution in [0.5, 0.6) is 0 Å². The van der Waals surface area contributed by atoms with Gasteiger partial charge in [0.2, 0.25) is 5.91 Å². The second-order valence-electron chi connectivity index (χ2n) is 5.21. The smallest absolute Gasteiger partial charge is 0.238 e. The van der Waals surface area contributed by atoms with Crippen LogP contribution < -0.4 is 5.32 Å². The van der Waals surface area contributed by atoms with Crippen molar-refractivity contribution in [2.75, 3.05) is 25.5 Å². The molecule has 4 nitrogen and oxygen atoms in total. The van der Waals surface area contributed by atoms with E-state index in [1.54, 1.807) is 12.4 Å². The Morgan fingerprint density at radius 1 is 1.19 bits per heavy atom. The molecule has 1 aromatic heterocycles. The summed E-state index contributed by atoms with van der Waals surface area (Å²) in [7, 11) is 1.96. The Bertz CT molecular complexity index is 584. The number of rotatable bonds is 6. The fourth-order valence-electron chi connectivity index (χ4n) is 2.10. The predicted molar refractivity (Wildman–Crippen MR) is 85.2 cm³/mol. The van der Waals surface area contributed by atoms with Gasteiger partial charge in [-0.1, -0.05) is 18.2 Å². The number of nitrogens with one attached hydrogen (secondary N) is 1. The number of pyridine rings is 1. The predicted octanol–water partition coefficient (Wildman–Crippen LogP) is 2.50. The number of nitrogens with zero attached hydrogens (tertiary/aromatic N) is 2. The highest BCUT2D eigenvalue weighted by molar-refractivity contribution is 5.92. The monoisotopic (exact) mass is 283 g/mol. The molecule has 0 aliphatic carbocycles. The van der Waals surface area contributed by atoms with Crippen molar-refractivity contribution in [3.05, 3.63) is 59.9 Å². The Morgan fingerprint density at radius 3 is 2.62 bits per heavy atom. The van der Waals surface area contributed by atoms with Crippen LogP contribution in [0, 0.1) is 6.92 Å². The lowest BCUT2D eigenvalue weighted by atomic mass is 10.2. The summed E-state index contributed by atoms with van der Waals surface area (Å²) in [4.78, 5) is 18.0. The molecule has 0 spiro atoms. The molecule has 0 unspecified atom stereocenters. The van der Waals surface area contributed by atoms with Crippen molar-refractivity contribution < 1.29 is 4.79 Å². The summed E-state index contributed by atoms with van der Waals surface area (Å²) in [6, 6.07) is 11.8. The third-order valence-corrected chi connectivity index (χ3v) is 3.36. The molecule has 0 fully saturated rings. The lowest BCUT2D eigenvalue weighted by molar-refractivity contribution is -0.117. The number of anilines is 1. The van der Waals surface area contributed by atoms with E-state index in [2.05, 4.69) is 10.3 Å². The molecule has 1 N–H and O–H groups in total. The van der Waals surface area contributed by atoms with E-state index in [0.717, 1.165) is 24.2 Å². The summed E-state index contributed by atoms with van der Waals surface area (Å²) in [6.07, 6.45) is 4.50. The topological polar surface area (TPSA) is 45.2 Å². The van der Waals surface area contributed by atoms with Gasteiger partial charge in [-0.15, -0.1) is 0 Å². The third kappa shape index (κ3) is 5.00. The van der Waals surface area contributed by atoms with Gasteiger partial charge in [-0.3, -0.25) is 14.7 Å². The number of aryl methyl sites for hydroxylation is 1. The van der Waals surface area contributed by atoms with E-state index < -0.39 is 0 Å². The molecule has 0 aliphatic rings. The summed E-state index contributed by atoms with van der Waals surface area (Å²) in [6.45, 7) is 3.22. The average Bonchev–Trinajstić information content (AvgIpc) is 2.48. The number of likely N-dealkylation sites (N-methyl/N-ethyl adjacent to an activating group) is 1. The van der Waals surface area contributed by atoms with Gasteiger partial charge >= 0.3 is 0 Å². The standard InChI is InChI=1S/C17H21N3O/c1-14-5-3-4-6-16(14)19-17(21)13-20(2)12-9-15-7-10-18-11-8-15/h3-8,10-11H,9,12-13H2,1-2H3,(H,19,21). The van der Waals surface area contributed by atoms with Gasteiger partial charge in [-0.05, 0) is 49.7 Å². The van der Waals surface area contributed by atoms with Crippen molar-refractivity contribution in [3.63, 3.8) is 0 Å². The van der Waals surface area contributed by atoms with Crippen molar-refractivity contribution in [1.82, 2.24) is 9.88 Å². The zero-order valence-electron chi connectivity index (χ0n) is 12.5. The summed E-state index contributed by atoms with van der Waals surface area (Å²) in [5.74, 6) is 0.0153. The number of para-hydroxylation sites is 1. The SMILES string of the molecule is Cc1ccccc1NC(=O)CN(C)CCc1ccncc1. The van der Waals surface area contributed by atoms with Crippen molar-refractivity contribution >= 4 is 11.6 Å². The van der Waals surface area contributed by atoms with Gasteiger partial charge < -0.3 is 5.32 Å². The summed E-state index contributed by atoms with van der Waals surface area (Å²) in [5.41, 5.74) is 3.19. The van der Waals surface area contributed by atoms with Crippen LogP contribution in [0.15, 0.2) is 48.8 Å². The Hall–Kier alpha value is -2.20. The quantitative estimate of drug-likeness (QED) is 0.886. The van der Waals surface area contributed by atoms with Gasteiger partial charge in [0.15, 0.2) is 0 Å². The molecule has 4 heteroatoms. The van der Waals surface area contributed by atoms with E-state index in [1.807, 2.05) is 55.3 Å². The van der Waals surface area contributed by atoms with Crippen LogP contribution in [0.4, 0.5) is 5.69 Å². The number of benzene rings is 1. The van der Waals surface area contributed by atoms with Crippen LogP contribution in [0.2, 0.25) is 0 Å². The van der Waals surface area contributed by atoms with Gasteiger partial charge in [0.25, 0.3) is 0 Å². The number of amides is 1. The van der Waals surface area contributed by atoms with E-state index in [0.29, 0.717) is 6.54 Å². The summed E-state index contributed by atoms with van der Waals surface area (Å²) in [5, 5.41) is 2.95. The largest absolute Gasteiger partial charge is 0.325 e. The van der Waals surface area contributed by atoms with Crippen molar-refractivity contribution in [2.24, 2.45) is 0 Å². The number of carbonyl (C=O) groups is 1. The number of hydrogen-bond acceptors (Lipinski definition) is 3. The van der Waals surface area contributed by atoms with Gasteiger partial charge in [0.1, 0.15) is 0 Å². The Balaban J connectivity index is 1.78. The molecule has 2 aromatic rings. The minimum Gasteiger partial charge on any atom is -0.325 e. The summed E-state index contributed by atoms with van der Waals surface area (Å²) >= 11 is 0. The first-order valence-electron chi connectivity index (χ1n) is 7.08. The van der Waals surface area contributed by atoms with Crippen molar-refractivity contribution in [1.29, 1.82) is 0 Å². The van der Waals surface area contributed by atoms with Gasteiger partial charge in [-0.25, -0.2) is 0 Å². The maximum Gasteiger partial charge on any atom is 0.238 e. The number of hydrogen-bond donors (Lipinski definition) is 1. The first-order chi connectivity index (χ1) is 10.1. The fraction of sp³-hybridized carbons (Fsp3) is 0.294. The minimum atomic E-state index is 0.0153. The highest BCUT2D eigenvalue weighted by atomic mass is 16.2. The third-order valence-electron chi connectivity index (χ3n) is 3.36. The van der Waals surface area contributed by atoms with Gasteiger partial charge in [-0.2, -0.15) is 0 Å². The fourth-order valence-corrected chi connectivity index (χ4v) is 2.10. The molecule has 0 saturated carbocycles. The molecule has 21 heavy (non-hydrogen) atoms. The highest BCUT2D eigenvalue weighted by Crippen LogP contribution is 2.12. The molecule has 1 amide bonds. The molecule has 0 saturated heterocycles. The first kappa shape index (κ1) is 15.2. The normalized spacial score (nSPS) is 10.6. The van der Waals surface area contributed by atoms with E-state index >= 15 is 0 Å². The minimum absolute atomic E-state index is 0.0153.